The molecule has 182 valence electrons. The lowest BCUT2D eigenvalue weighted by atomic mass is 10.0. The summed E-state index contributed by atoms with van der Waals surface area (Å²) in [6, 6.07) is 22.8. The zero-order chi connectivity index (χ0) is 24.9. The van der Waals surface area contributed by atoms with Gasteiger partial charge in [-0.25, -0.2) is 10.2 Å². The highest BCUT2D eigenvalue weighted by Crippen LogP contribution is 2.29. The summed E-state index contributed by atoms with van der Waals surface area (Å²) in [5.74, 6) is -0.579. The molecule has 36 heavy (non-hydrogen) atoms. The van der Waals surface area contributed by atoms with Crippen LogP contribution >= 0.6 is 0 Å². The molecule has 3 amide bonds. The quantitative estimate of drug-likeness (QED) is 0.306. The van der Waals surface area contributed by atoms with Gasteiger partial charge in [-0.05, 0) is 58.5 Å². The number of anilines is 1. The van der Waals surface area contributed by atoms with Crippen LogP contribution in [0, 0.1) is 4.91 Å². The molecule has 1 aliphatic heterocycles. The highest BCUT2D eigenvalue weighted by atomic mass is 16.5. The third-order valence-electron chi connectivity index (χ3n) is 6.26. The average molecular weight is 484 g/mol. The number of hydrogen-bond acceptors (Lipinski definition) is 5. The van der Waals surface area contributed by atoms with Crippen LogP contribution in [0.1, 0.15) is 15.9 Å². The predicted molar refractivity (Wildman–Crippen MR) is 137 cm³/mol. The van der Waals surface area contributed by atoms with Crippen LogP contribution < -0.4 is 10.3 Å². The molecule has 2 N–H and O–H groups in total. The number of ether oxygens (including phenoxy) is 1. The van der Waals surface area contributed by atoms with Crippen LogP contribution in [0.2, 0.25) is 0 Å². The van der Waals surface area contributed by atoms with E-state index >= 15 is 0 Å². The van der Waals surface area contributed by atoms with Gasteiger partial charge in [-0.2, -0.15) is 0 Å². The number of morpholine rings is 1. The second-order valence-electron chi connectivity index (χ2n) is 8.53. The summed E-state index contributed by atoms with van der Waals surface area (Å²) in [6.07, 6.45) is 1.91. The van der Waals surface area contributed by atoms with Crippen molar-refractivity contribution in [1.29, 1.82) is 0 Å². The summed E-state index contributed by atoms with van der Waals surface area (Å²) in [6.45, 7) is 2.37. The number of aromatic amines is 1. The molecule has 0 unspecified atom stereocenters. The molecule has 0 aliphatic carbocycles. The number of aromatic nitrogens is 1. The molecule has 3 aromatic carbocycles. The van der Waals surface area contributed by atoms with Gasteiger partial charge in [0.15, 0.2) is 0 Å². The first-order chi connectivity index (χ1) is 17.6. The van der Waals surface area contributed by atoms with Gasteiger partial charge in [0, 0.05) is 36.1 Å². The Morgan fingerprint density at radius 2 is 1.75 bits per heavy atom. The molecule has 4 aromatic rings. The third kappa shape index (κ3) is 4.96. The molecular formula is C27H25N5O4. The highest BCUT2D eigenvalue weighted by molar-refractivity contribution is 5.95. The maximum absolute atomic E-state index is 13.6. The van der Waals surface area contributed by atoms with Crippen molar-refractivity contribution in [2.75, 3.05) is 31.2 Å². The minimum absolute atomic E-state index is 0.109. The van der Waals surface area contributed by atoms with Gasteiger partial charge in [0.25, 0.3) is 5.91 Å². The number of nitrogens with one attached hydrogen (secondary N) is 2. The van der Waals surface area contributed by atoms with Gasteiger partial charge < -0.3 is 14.6 Å². The summed E-state index contributed by atoms with van der Waals surface area (Å²) < 4.78 is 5.43. The zero-order valence-electron chi connectivity index (χ0n) is 19.5. The molecule has 1 saturated heterocycles. The van der Waals surface area contributed by atoms with E-state index in [-0.39, 0.29) is 6.03 Å². The number of carbonyl (C=O) groups excluding carboxylic acids is 2. The Balaban J connectivity index is 1.46. The Morgan fingerprint density at radius 1 is 0.972 bits per heavy atom. The van der Waals surface area contributed by atoms with E-state index in [2.05, 4.69) is 28.5 Å². The average Bonchev–Trinajstić information content (AvgIpc) is 3.40. The van der Waals surface area contributed by atoms with Gasteiger partial charge in [-0.3, -0.25) is 9.69 Å². The molecule has 0 atom stereocenters. The summed E-state index contributed by atoms with van der Waals surface area (Å²) in [5, 5.41) is 3.56. The third-order valence-corrected chi connectivity index (χ3v) is 6.26. The smallest absolute Gasteiger partial charge is 0.324 e. The van der Waals surface area contributed by atoms with Crippen LogP contribution in [0.25, 0.3) is 22.0 Å². The van der Waals surface area contributed by atoms with Crippen molar-refractivity contribution in [2.45, 2.75) is 6.54 Å². The Labute approximate surface area is 207 Å². The number of fused-ring (bicyclic) bond motifs is 1. The number of carbonyl (C=O) groups is 2. The lowest BCUT2D eigenvalue weighted by Gasteiger charge is -2.33. The Kier molecular flexibility index (Phi) is 6.72. The number of hydrogen-bond donors (Lipinski definition) is 2. The number of urea groups is 1. The highest BCUT2D eigenvalue weighted by Gasteiger charge is 2.25. The normalized spacial score (nSPS) is 13.4. The van der Waals surface area contributed by atoms with E-state index in [1.165, 1.54) is 0 Å². The number of rotatable bonds is 6. The van der Waals surface area contributed by atoms with E-state index in [1.807, 2.05) is 42.0 Å². The van der Waals surface area contributed by atoms with Crippen molar-refractivity contribution < 1.29 is 14.3 Å². The molecule has 1 fully saturated rings. The molecule has 9 heteroatoms. The summed E-state index contributed by atoms with van der Waals surface area (Å²) >= 11 is 0. The minimum atomic E-state index is -0.579. The Bertz CT molecular complexity index is 1390. The molecule has 2 heterocycles. The molecule has 0 bridgehead atoms. The second kappa shape index (κ2) is 10.4. The van der Waals surface area contributed by atoms with E-state index in [0.717, 1.165) is 33.3 Å². The summed E-state index contributed by atoms with van der Waals surface area (Å²) in [4.78, 5) is 42.6. The summed E-state index contributed by atoms with van der Waals surface area (Å²) in [7, 11) is 0. The first-order valence-corrected chi connectivity index (χ1v) is 11.7. The van der Waals surface area contributed by atoms with Crippen molar-refractivity contribution >= 4 is 28.5 Å². The van der Waals surface area contributed by atoms with E-state index in [4.69, 9.17) is 4.74 Å². The Morgan fingerprint density at radius 3 is 2.53 bits per heavy atom. The van der Waals surface area contributed by atoms with Crippen LogP contribution in [-0.2, 0) is 11.3 Å². The number of amides is 3. The standard InChI is InChI=1S/C27H25N5O4/c33-26(29-30-35)21-6-4-19(5-7-21)18-32(27(34)31-12-14-36-15-13-31)24-3-1-2-22(16-24)23-9-8-20-10-11-28-25(20)17-23/h1-11,16-17,28H,12-15,18H2,(H,29,33,35). The van der Waals surface area contributed by atoms with Crippen molar-refractivity contribution in [3.8, 4) is 11.1 Å². The van der Waals surface area contributed by atoms with Crippen LogP contribution in [0.15, 0.2) is 84.3 Å². The van der Waals surface area contributed by atoms with Gasteiger partial charge in [-0.15, -0.1) is 4.91 Å². The molecule has 0 radical (unpaired) electrons. The van der Waals surface area contributed by atoms with E-state index in [9.17, 15) is 14.5 Å². The lowest BCUT2D eigenvalue weighted by molar-refractivity contribution is 0.0548. The molecule has 1 aromatic heterocycles. The molecule has 9 nitrogen and oxygen atoms in total. The maximum atomic E-state index is 13.6. The van der Waals surface area contributed by atoms with Crippen LogP contribution in [-0.4, -0.2) is 48.1 Å². The topological polar surface area (TPSA) is 107 Å². The van der Waals surface area contributed by atoms with Gasteiger partial charge in [0.05, 0.1) is 25.0 Å². The minimum Gasteiger partial charge on any atom is -0.378 e. The first-order valence-electron chi connectivity index (χ1n) is 11.7. The van der Waals surface area contributed by atoms with Crippen molar-refractivity contribution in [3.05, 3.63) is 95.0 Å². The first kappa shape index (κ1) is 23.3. The number of H-pyrrole nitrogens is 1. The summed E-state index contributed by atoms with van der Waals surface area (Å²) in [5.41, 5.74) is 6.89. The van der Waals surface area contributed by atoms with Crippen molar-refractivity contribution in [2.24, 2.45) is 5.29 Å². The molecular weight excluding hydrogens is 458 g/mol. The van der Waals surface area contributed by atoms with Gasteiger partial charge in [0.1, 0.15) is 0 Å². The van der Waals surface area contributed by atoms with Gasteiger partial charge >= 0.3 is 6.03 Å². The van der Waals surface area contributed by atoms with Crippen LogP contribution in [0.3, 0.4) is 0 Å². The SMILES string of the molecule is O=NNC(=O)c1ccc(CN(C(=O)N2CCOCC2)c2cccc(-c3ccc4cc[nH]c4c3)c2)cc1. The molecule has 0 spiro atoms. The van der Waals surface area contributed by atoms with Crippen molar-refractivity contribution in [1.82, 2.24) is 15.3 Å². The molecule has 1 aliphatic rings. The molecule has 0 saturated carbocycles. The Hall–Kier alpha value is -4.50. The maximum Gasteiger partial charge on any atom is 0.324 e. The predicted octanol–water partition coefficient (Wildman–Crippen LogP) is 4.70. The molecule has 5 rings (SSSR count). The zero-order valence-corrected chi connectivity index (χ0v) is 19.5. The number of nitroso groups, excluding NO2 is 1. The monoisotopic (exact) mass is 483 g/mol. The van der Waals surface area contributed by atoms with Gasteiger partial charge in [-0.1, -0.05) is 36.4 Å². The van der Waals surface area contributed by atoms with Crippen molar-refractivity contribution in [3.63, 3.8) is 0 Å². The van der Waals surface area contributed by atoms with E-state index in [1.54, 1.807) is 34.1 Å². The number of benzene rings is 3. The fourth-order valence-corrected chi connectivity index (χ4v) is 4.33. The van der Waals surface area contributed by atoms with Crippen LogP contribution in [0.5, 0.6) is 0 Å². The van der Waals surface area contributed by atoms with Gasteiger partial charge in [0.2, 0.25) is 0 Å². The lowest BCUT2D eigenvalue weighted by Crippen LogP contribution is -2.48. The fourth-order valence-electron chi connectivity index (χ4n) is 4.33. The number of nitrogens with zero attached hydrogens (tertiary/aromatic N) is 3. The van der Waals surface area contributed by atoms with Crippen LogP contribution in [0.4, 0.5) is 10.5 Å². The second-order valence-corrected chi connectivity index (χ2v) is 8.53. The fraction of sp³-hybridized carbons (Fsp3) is 0.185. The van der Waals surface area contributed by atoms with E-state index in [0.29, 0.717) is 38.4 Å². The van der Waals surface area contributed by atoms with E-state index < -0.39 is 5.91 Å². The largest absolute Gasteiger partial charge is 0.378 e.